The minimum absolute atomic E-state index is 0.158. The van der Waals surface area contributed by atoms with Crippen LogP contribution in [0.2, 0.25) is 0 Å². The zero-order chi connectivity index (χ0) is 14.9. The van der Waals surface area contributed by atoms with Crippen LogP contribution >= 0.6 is 27.3 Å². The van der Waals surface area contributed by atoms with Crippen molar-refractivity contribution in [1.82, 2.24) is 4.98 Å². The number of nitrogens with two attached hydrogens (primary N) is 1. The summed E-state index contributed by atoms with van der Waals surface area (Å²) in [5.41, 5.74) is 7.12. The van der Waals surface area contributed by atoms with Gasteiger partial charge in [0.15, 0.2) is 5.13 Å². The lowest BCUT2D eigenvalue weighted by atomic mass is 10.2. The van der Waals surface area contributed by atoms with Crippen molar-refractivity contribution in [2.24, 2.45) is 5.73 Å². The molecule has 0 unspecified atom stereocenters. The van der Waals surface area contributed by atoms with Crippen LogP contribution in [0.25, 0.3) is 0 Å². The Morgan fingerprint density at radius 2 is 2.10 bits per heavy atom. The Hall–Kier alpha value is -0.960. The Balaban J connectivity index is 2.40. The van der Waals surface area contributed by atoms with E-state index >= 15 is 0 Å². The zero-order valence-corrected chi connectivity index (χ0v) is 14.2. The van der Waals surface area contributed by atoms with Gasteiger partial charge in [-0.15, -0.1) is 11.3 Å². The van der Waals surface area contributed by atoms with E-state index in [1.165, 1.54) is 11.3 Å². The molecule has 0 spiro atoms. The predicted octanol–water partition coefficient (Wildman–Crippen LogP) is 2.78. The molecule has 0 fully saturated rings. The van der Waals surface area contributed by atoms with E-state index in [1.807, 2.05) is 13.8 Å². The van der Waals surface area contributed by atoms with Crippen molar-refractivity contribution < 1.29 is 8.42 Å². The highest BCUT2D eigenvalue weighted by Crippen LogP contribution is 2.28. The number of anilines is 1. The van der Waals surface area contributed by atoms with Crippen molar-refractivity contribution >= 4 is 42.4 Å². The van der Waals surface area contributed by atoms with Crippen LogP contribution in [-0.2, 0) is 16.6 Å². The van der Waals surface area contributed by atoms with E-state index < -0.39 is 10.0 Å². The number of aryl methyl sites for hydroxylation is 2. The van der Waals surface area contributed by atoms with E-state index in [4.69, 9.17) is 5.73 Å². The number of benzene rings is 1. The third-order valence-corrected chi connectivity index (χ3v) is 6.22. The van der Waals surface area contributed by atoms with Gasteiger partial charge in [0.2, 0.25) is 0 Å². The lowest BCUT2D eigenvalue weighted by molar-refractivity contribution is 0.600. The Bertz CT molecular complexity index is 722. The minimum atomic E-state index is -3.68. The number of nitrogens with one attached hydrogen (secondary N) is 1. The highest BCUT2D eigenvalue weighted by atomic mass is 79.9. The van der Waals surface area contributed by atoms with Gasteiger partial charge in [-0.3, -0.25) is 4.72 Å². The second-order valence-electron chi connectivity index (χ2n) is 4.24. The van der Waals surface area contributed by atoms with Crippen LogP contribution in [-0.4, -0.2) is 13.4 Å². The van der Waals surface area contributed by atoms with E-state index in [9.17, 15) is 8.42 Å². The van der Waals surface area contributed by atoms with E-state index in [1.54, 1.807) is 18.2 Å². The predicted molar refractivity (Wildman–Crippen MR) is 84.4 cm³/mol. The number of hydrogen-bond donors (Lipinski definition) is 2. The molecule has 1 aromatic heterocycles. The van der Waals surface area contributed by atoms with Gasteiger partial charge >= 0.3 is 0 Å². The fraction of sp³-hybridized carbons (Fsp3) is 0.250. The van der Waals surface area contributed by atoms with E-state index in [0.717, 1.165) is 16.1 Å². The molecule has 0 saturated carbocycles. The molecule has 0 radical (unpaired) electrons. The number of halogens is 1. The normalized spacial score (nSPS) is 11.6. The Labute approximate surface area is 130 Å². The molecule has 0 saturated heterocycles. The van der Waals surface area contributed by atoms with Crippen molar-refractivity contribution in [3.05, 3.63) is 38.8 Å². The van der Waals surface area contributed by atoms with Gasteiger partial charge in [0.1, 0.15) is 4.90 Å². The van der Waals surface area contributed by atoms with Crippen molar-refractivity contribution in [2.45, 2.75) is 25.3 Å². The largest absolute Gasteiger partial charge is 0.326 e. The molecule has 3 N–H and O–H groups in total. The maximum Gasteiger partial charge on any atom is 0.264 e. The molecule has 2 rings (SSSR count). The maximum atomic E-state index is 12.4. The van der Waals surface area contributed by atoms with Crippen molar-refractivity contribution in [3.8, 4) is 0 Å². The van der Waals surface area contributed by atoms with E-state index in [0.29, 0.717) is 9.60 Å². The highest BCUT2D eigenvalue weighted by molar-refractivity contribution is 9.10. The van der Waals surface area contributed by atoms with Crippen LogP contribution in [0.1, 0.15) is 16.1 Å². The molecule has 2 aromatic rings. The molecule has 0 amide bonds. The lowest BCUT2D eigenvalue weighted by Crippen LogP contribution is -2.14. The fourth-order valence-corrected chi connectivity index (χ4v) is 4.63. The molecular weight excluding hydrogens is 362 g/mol. The van der Waals surface area contributed by atoms with Crippen molar-refractivity contribution in [2.75, 3.05) is 4.72 Å². The summed E-state index contributed by atoms with van der Waals surface area (Å²) in [4.78, 5) is 5.32. The summed E-state index contributed by atoms with van der Waals surface area (Å²) in [6.45, 7) is 4.02. The van der Waals surface area contributed by atoms with Crippen molar-refractivity contribution in [1.29, 1.82) is 0 Å². The smallest absolute Gasteiger partial charge is 0.264 e. The molecule has 1 heterocycles. The molecule has 1 aromatic carbocycles. The second-order valence-corrected chi connectivity index (χ2v) is 7.94. The van der Waals surface area contributed by atoms with Crippen LogP contribution in [0.15, 0.2) is 27.6 Å². The number of thiazole rings is 1. The molecule has 0 aliphatic heterocycles. The van der Waals surface area contributed by atoms with Gasteiger partial charge in [0.05, 0.1) is 5.69 Å². The third-order valence-electron chi connectivity index (χ3n) is 2.77. The standard InChI is InChI=1S/C12H14BrN3O2S2/c1-7-8(2)19-12(15-7)16-20(17,18)11-5-9(6-14)3-4-10(11)13/h3-5H,6,14H2,1-2H3,(H,15,16). The number of sulfonamides is 1. The first-order valence-corrected chi connectivity index (χ1v) is 8.88. The first-order chi connectivity index (χ1) is 9.33. The quantitative estimate of drug-likeness (QED) is 0.859. The topological polar surface area (TPSA) is 85.1 Å². The first-order valence-electron chi connectivity index (χ1n) is 5.79. The van der Waals surface area contributed by atoms with Gasteiger partial charge in [-0.25, -0.2) is 13.4 Å². The number of hydrogen-bond acceptors (Lipinski definition) is 5. The van der Waals surface area contributed by atoms with Crippen LogP contribution in [0.4, 0.5) is 5.13 Å². The van der Waals surface area contributed by atoms with Gasteiger partial charge in [0.25, 0.3) is 10.0 Å². The van der Waals surface area contributed by atoms with Gasteiger partial charge < -0.3 is 5.73 Å². The molecular formula is C12H14BrN3O2S2. The summed E-state index contributed by atoms with van der Waals surface area (Å²) >= 11 is 4.56. The molecule has 108 valence electrons. The molecule has 20 heavy (non-hydrogen) atoms. The number of nitrogens with zero attached hydrogens (tertiary/aromatic N) is 1. The molecule has 0 aliphatic rings. The van der Waals surface area contributed by atoms with Crippen LogP contribution in [0.5, 0.6) is 0 Å². The van der Waals surface area contributed by atoms with Gasteiger partial charge in [0, 0.05) is 15.9 Å². The molecule has 5 nitrogen and oxygen atoms in total. The minimum Gasteiger partial charge on any atom is -0.326 e. The third kappa shape index (κ3) is 3.20. The van der Waals surface area contributed by atoms with Crippen LogP contribution in [0, 0.1) is 13.8 Å². The molecule has 0 aliphatic carbocycles. The van der Waals surface area contributed by atoms with Gasteiger partial charge in [-0.2, -0.15) is 0 Å². The second kappa shape index (κ2) is 5.80. The fourth-order valence-electron chi connectivity index (χ4n) is 1.57. The molecule has 0 bridgehead atoms. The lowest BCUT2D eigenvalue weighted by Gasteiger charge is -2.08. The zero-order valence-electron chi connectivity index (χ0n) is 11.0. The van der Waals surface area contributed by atoms with Crippen molar-refractivity contribution in [3.63, 3.8) is 0 Å². The monoisotopic (exact) mass is 375 g/mol. The summed E-state index contributed by atoms with van der Waals surface area (Å²) in [6.07, 6.45) is 0. The van der Waals surface area contributed by atoms with E-state index in [2.05, 4.69) is 25.6 Å². The summed E-state index contributed by atoms with van der Waals surface area (Å²) in [6, 6.07) is 5.01. The van der Waals surface area contributed by atoms with Gasteiger partial charge in [-0.1, -0.05) is 6.07 Å². The van der Waals surface area contributed by atoms with E-state index in [-0.39, 0.29) is 11.4 Å². The average Bonchev–Trinajstić information content (AvgIpc) is 2.67. The Morgan fingerprint density at radius 1 is 1.40 bits per heavy atom. The summed E-state index contributed by atoms with van der Waals surface area (Å²) in [5.74, 6) is 0. The molecule has 0 atom stereocenters. The summed E-state index contributed by atoms with van der Waals surface area (Å²) in [7, 11) is -3.68. The van der Waals surface area contributed by atoms with Gasteiger partial charge in [-0.05, 0) is 47.5 Å². The SMILES string of the molecule is Cc1nc(NS(=O)(=O)c2cc(CN)ccc2Br)sc1C. The average molecular weight is 376 g/mol. The maximum absolute atomic E-state index is 12.4. The Kier molecular flexibility index (Phi) is 4.48. The highest BCUT2D eigenvalue weighted by Gasteiger charge is 2.20. The molecule has 8 heteroatoms. The summed E-state index contributed by atoms with van der Waals surface area (Å²) < 4.78 is 27.8. The van der Waals surface area contributed by atoms with Crippen LogP contribution < -0.4 is 10.5 Å². The Morgan fingerprint density at radius 3 is 2.65 bits per heavy atom. The first kappa shape index (κ1) is 15.4. The van der Waals surface area contributed by atoms with Crippen LogP contribution in [0.3, 0.4) is 0 Å². The summed E-state index contributed by atoms with van der Waals surface area (Å²) in [5, 5.41) is 0.366. The number of rotatable bonds is 4. The number of aromatic nitrogens is 1.